The van der Waals surface area contributed by atoms with Crippen LogP contribution in [0.5, 0.6) is 0 Å². The molecule has 3 N–H and O–H groups in total. The Morgan fingerprint density at radius 3 is 2.83 bits per heavy atom. The van der Waals surface area contributed by atoms with E-state index in [0.29, 0.717) is 11.4 Å². The predicted molar refractivity (Wildman–Crippen MR) is 68.1 cm³/mol. The summed E-state index contributed by atoms with van der Waals surface area (Å²) in [5, 5.41) is 2.66. The molecule has 0 aromatic carbocycles. The lowest BCUT2D eigenvalue weighted by Gasteiger charge is -2.08. The minimum Gasteiger partial charge on any atom is -0.469 e. The number of rotatable bonds is 6. The minimum atomic E-state index is -0.348. The Labute approximate surface area is 106 Å². The molecular weight excluding hydrogens is 234 g/mol. The maximum atomic E-state index is 11.9. The number of amides is 1. The Morgan fingerprint density at radius 1 is 1.50 bits per heavy atom. The first-order valence-electron chi connectivity index (χ1n) is 5.89. The summed E-state index contributed by atoms with van der Waals surface area (Å²) in [6.45, 7) is 3.01. The van der Waals surface area contributed by atoms with Gasteiger partial charge in [-0.1, -0.05) is 6.92 Å². The van der Waals surface area contributed by atoms with Crippen LogP contribution >= 0.6 is 0 Å². The average molecular weight is 253 g/mol. The Bertz CT molecular complexity index is 426. The van der Waals surface area contributed by atoms with Crippen LogP contribution in [0, 0.1) is 0 Å². The van der Waals surface area contributed by atoms with Crippen molar-refractivity contribution in [2.45, 2.75) is 26.3 Å². The van der Waals surface area contributed by atoms with E-state index in [1.807, 2.05) is 11.5 Å². The van der Waals surface area contributed by atoms with E-state index in [1.54, 1.807) is 12.3 Å². The van der Waals surface area contributed by atoms with Crippen LogP contribution in [0.25, 0.3) is 0 Å². The normalized spacial score (nSPS) is 10.1. The number of nitrogens with one attached hydrogen (secondary N) is 1. The summed E-state index contributed by atoms with van der Waals surface area (Å²) >= 11 is 0. The number of aryl methyl sites for hydroxylation is 1. The van der Waals surface area contributed by atoms with Crippen molar-refractivity contribution in [3.05, 3.63) is 18.0 Å². The highest BCUT2D eigenvalue weighted by Gasteiger charge is 2.12. The van der Waals surface area contributed by atoms with Gasteiger partial charge in [-0.3, -0.25) is 9.59 Å². The standard InChI is InChI=1S/C12H19N3O3/c1-3-6-15-8-9(13)7-10(15)12(17)14-5-4-11(16)18-2/h7-8H,3-6,13H2,1-2H3,(H,14,17). The smallest absolute Gasteiger partial charge is 0.307 e. The van der Waals surface area contributed by atoms with Gasteiger partial charge in [-0.05, 0) is 12.5 Å². The highest BCUT2D eigenvalue weighted by atomic mass is 16.5. The van der Waals surface area contributed by atoms with Crippen molar-refractivity contribution in [3.63, 3.8) is 0 Å². The molecule has 0 bridgehead atoms. The third-order valence-electron chi connectivity index (χ3n) is 2.46. The predicted octanol–water partition coefficient (Wildman–Crippen LogP) is 0.773. The molecule has 0 atom stereocenters. The second-order valence-corrected chi connectivity index (χ2v) is 3.93. The lowest BCUT2D eigenvalue weighted by atomic mass is 10.3. The zero-order valence-corrected chi connectivity index (χ0v) is 10.7. The molecule has 0 radical (unpaired) electrons. The minimum absolute atomic E-state index is 0.159. The van der Waals surface area contributed by atoms with E-state index in [-0.39, 0.29) is 24.8 Å². The number of carbonyl (C=O) groups is 2. The highest BCUT2D eigenvalue weighted by molar-refractivity contribution is 5.94. The Kier molecular flexibility index (Phi) is 5.23. The molecule has 6 heteroatoms. The summed E-state index contributed by atoms with van der Waals surface area (Å²) in [5.74, 6) is -0.581. The number of nitrogens with zero attached hydrogens (tertiary/aromatic N) is 1. The SMILES string of the molecule is CCCn1cc(N)cc1C(=O)NCCC(=O)OC. The first-order valence-corrected chi connectivity index (χ1v) is 5.89. The summed E-state index contributed by atoms with van der Waals surface area (Å²) in [6.07, 6.45) is 2.81. The summed E-state index contributed by atoms with van der Waals surface area (Å²) in [4.78, 5) is 22.8. The van der Waals surface area contributed by atoms with Gasteiger partial charge in [0.15, 0.2) is 0 Å². The van der Waals surface area contributed by atoms with Crippen molar-refractivity contribution in [3.8, 4) is 0 Å². The van der Waals surface area contributed by atoms with E-state index in [4.69, 9.17) is 5.73 Å². The zero-order valence-electron chi connectivity index (χ0n) is 10.7. The van der Waals surface area contributed by atoms with Crippen molar-refractivity contribution in [2.75, 3.05) is 19.4 Å². The van der Waals surface area contributed by atoms with Gasteiger partial charge in [0, 0.05) is 19.3 Å². The number of esters is 1. The fourth-order valence-electron chi connectivity index (χ4n) is 1.62. The molecule has 0 aliphatic carbocycles. The van der Waals surface area contributed by atoms with Crippen molar-refractivity contribution >= 4 is 17.6 Å². The van der Waals surface area contributed by atoms with E-state index < -0.39 is 0 Å². The number of carbonyl (C=O) groups excluding carboxylic acids is 2. The van der Waals surface area contributed by atoms with Gasteiger partial charge in [-0.25, -0.2) is 0 Å². The number of hydrogen-bond donors (Lipinski definition) is 2. The summed E-state index contributed by atoms with van der Waals surface area (Å²) in [5.41, 5.74) is 6.74. The van der Waals surface area contributed by atoms with Crippen molar-refractivity contribution in [2.24, 2.45) is 0 Å². The van der Waals surface area contributed by atoms with E-state index in [1.165, 1.54) is 7.11 Å². The van der Waals surface area contributed by atoms with E-state index in [0.717, 1.165) is 13.0 Å². The third-order valence-corrected chi connectivity index (χ3v) is 2.46. The number of hydrogen-bond acceptors (Lipinski definition) is 4. The maximum absolute atomic E-state index is 11.9. The highest BCUT2D eigenvalue weighted by Crippen LogP contribution is 2.11. The first kappa shape index (κ1) is 14.1. The average Bonchev–Trinajstić information content (AvgIpc) is 2.70. The molecule has 1 heterocycles. The molecular formula is C12H19N3O3. The molecule has 1 rings (SSSR count). The van der Waals surface area contributed by atoms with Crippen molar-refractivity contribution < 1.29 is 14.3 Å². The van der Waals surface area contributed by atoms with Crippen LogP contribution in [-0.4, -0.2) is 30.1 Å². The molecule has 1 amide bonds. The second kappa shape index (κ2) is 6.68. The number of nitrogen functional groups attached to an aromatic ring is 1. The Hall–Kier alpha value is -1.98. The van der Waals surface area contributed by atoms with Crippen LogP contribution in [0.3, 0.4) is 0 Å². The van der Waals surface area contributed by atoms with Gasteiger partial charge in [0.25, 0.3) is 5.91 Å². The molecule has 0 unspecified atom stereocenters. The van der Waals surface area contributed by atoms with E-state index >= 15 is 0 Å². The molecule has 0 aliphatic rings. The summed E-state index contributed by atoms with van der Waals surface area (Å²) < 4.78 is 6.30. The molecule has 0 saturated carbocycles. The quantitative estimate of drug-likeness (QED) is 0.733. The van der Waals surface area contributed by atoms with E-state index in [2.05, 4.69) is 10.1 Å². The number of nitrogens with two attached hydrogens (primary N) is 1. The number of methoxy groups -OCH3 is 1. The summed E-state index contributed by atoms with van der Waals surface area (Å²) in [6, 6.07) is 1.63. The molecule has 6 nitrogen and oxygen atoms in total. The maximum Gasteiger partial charge on any atom is 0.307 e. The van der Waals surface area contributed by atoms with Gasteiger partial charge in [0.05, 0.1) is 19.2 Å². The molecule has 100 valence electrons. The van der Waals surface area contributed by atoms with Crippen LogP contribution in [-0.2, 0) is 16.1 Å². The Morgan fingerprint density at radius 2 is 2.22 bits per heavy atom. The summed E-state index contributed by atoms with van der Waals surface area (Å²) in [7, 11) is 1.32. The fraction of sp³-hybridized carbons (Fsp3) is 0.500. The third kappa shape index (κ3) is 3.80. The molecule has 18 heavy (non-hydrogen) atoms. The molecule has 1 aromatic rings. The number of anilines is 1. The lowest BCUT2D eigenvalue weighted by molar-refractivity contribution is -0.140. The van der Waals surface area contributed by atoms with Gasteiger partial charge >= 0.3 is 5.97 Å². The largest absolute Gasteiger partial charge is 0.469 e. The number of aromatic nitrogens is 1. The van der Waals surface area contributed by atoms with Gasteiger partial charge in [-0.15, -0.1) is 0 Å². The number of ether oxygens (including phenoxy) is 1. The van der Waals surface area contributed by atoms with Crippen LogP contribution in [0.1, 0.15) is 30.3 Å². The van der Waals surface area contributed by atoms with Crippen LogP contribution in [0.4, 0.5) is 5.69 Å². The van der Waals surface area contributed by atoms with Crippen molar-refractivity contribution in [1.82, 2.24) is 9.88 Å². The topological polar surface area (TPSA) is 86.4 Å². The van der Waals surface area contributed by atoms with Crippen molar-refractivity contribution in [1.29, 1.82) is 0 Å². The van der Waals surface area contributed by atoms with Crippen LogP contribution in [0.2, 0.25) is 0 Å². The van der Waals surface area contributed by atoms with Gasteiger partial charge in [-0.2, -0.15) is 0 Å². The van der Waals surface area contributed by atoms with Gasteiger partial charge in [0.2, 0.25) is 0 Å². The molecule has 0 aliphatic heterocycles. The van der Waals surface area contributed by atoms with Crippen LogP contribution in [0.15, 0.2) is 12.3 Å². The Balaban J connectivity index is 2.58. The monoisotopic (exact) mass is 253 g/mol. The van der Waals surface area contributed by atoms with Crippen LogP contribution < -0.4 is 11.1 Å². The zero-order chi connectivity index (χ0) is 13.5. The van der Waals surface area contributed by atoms with Gasteiger partial charge < -0.3 is 20.4 Å². The molecule has 0 spiro atoms. The fourth-order valence-corrected chi connectivity index (χ4v) is 1.62. The molecule has 0 fully saturated rings. The van der Waals surface area contributed by atoms with E-state index in [9.17, 15) is 9.59 Å². The van der Waals surface area contributed by atoms with Gasteiger partial charge in [0.1, 0.15) is 5.69 Å². The second-order valence-electron chi connectivity index (χ2n) is 3.93. The molecule has 1 aromatic heterocycles. The first-order chi connectivity index (χ1) is 8.58. The molecule has 0 saturated heterocycles. The lowest BCUT2D eigenvalue weighted by Crippen LogP contribution is -2.28.